The molecule has 5 nitrogen and oxygen atoms in total. The molecule has 0 saturated carbocycles. The smallest absolute Gasteiger partial charge is 0.317 e. The molecule has 2 amide bonds. The van der Waals surface area contributed by atoms with E-state index in [0.717, 1.165) is 32.6 Å². The third kappa shape index (κ3) is 4.49. The highest BCUT2D eigenvalue weighted by Gasteiger charge is 2.24. The van der Waals surface area contributed by atoms with Crippen molar-refractivity contribution in [1.82, 2.24) is 10.2 Å². The van der Waals surface area contributed by atoms with Gasteiger partial charge in [0.05, 0.1) is 19.3 Å². The van der Waals surface area contributed by atoms with Crippen LogP contribution in [0.3, 0.4) is 0 Å². The molecule has 1 fully saturated rings. The van der Waals surface area contributed by atoms with Gasteiger partial charge in [-0.25, -0.2) is 4.79 Å². The molecule has 2 aliphatic heterocycles. The quantitative estimate of drug-likeness (QED) is 0.803. The van der Waals surface area contributed by atoms with Crippen molar-refractivity contribution in [2.45, 2.75) is 32.8 Å². The van der Waals surface area contributed by atoms with Crippen molar-refractivity contribution in [1.29, 1.82) is 0 Å². The Morgan fingerprint density at radius 2 is 2.35 bits per heavy atom. The van der Waals surface area contributed by atoms with Crippen LogP contribution in [0.5, 0.6) is 0 Å². The van der Waals surface area contributed by atoms with Gasteiger partial charge in [-0.2, -0.15) is 0 Å². The van der Waals surface area contributed by atoms with E-state index in [4.69, 9.17) is 9.47 Å². The van der Waals surface area contributed by atoms with Crippen LogP contribution in [0.2, 0.25) is 0 Å². The summed E-state index contributed by atoms with van der Waals surface area (Å²) in [6.45, 7) is 8.54. The molecule has 2 heterocycles. The Balaban J connectivity index is 1.82. The van der Waals surface area contributed by atoms with Crippen LogP contribution >= 0.6 is 0 Å². The van der Waals surface area contributed by atoms with E-state index in [1.807, 2.05) is 4.90 Å². The van der Waals surface area contributed by atoms with Crippen LogP contribution in [-0.4, -0.2) is 56.5 Å². The lowest BCUT2D eigenvalue weighted by Gasteiger charge is -2.26. The van der Waals surface area contributed by atoms with Gasteiger partial charge in [0.25, 0.3) is 0 Å². The second-order valence-corrected chi connectivity index (χ2v) is 5.80. The van der Waals surface area contributed by atoms with Crippen molar-refractivity contribution in [2.75, 3.05) is 39.5 Å². The summed E-state index contributed by atoms with van der Waals surface area (Å²) in [5.41, 5.74) is 1.26. The van der Waals surface area contributed by atoms with Crippen LogP contribution in [0.1, 0.15) is 26.7 Å². The maximum atomic E-state index is 12.3. The number of amides is 2. The van der Waals surface area contributed by atoms with E-state index in [0.29, 0.717) is 25.6 Å². The molecular weight excluding hydrogens is 256 g/mol. The maximum absolute atomic E-state index is 12.3. The molecule has 0 aromatic carbocycles. The number of rotatable bonds is 3. The molecular formula is C15H26N2O3. The number of ether oxygens (including phenoxy) is 2. The summed E-state index contributed by atoms with van der Waals surface area (Å²) in [6.07, 6.45) is 4.03. The lowest BCUT2D eigenvalue weighted by Crippen LogP contribution is -2.45. The molecule has 1 atom stereocenters. The van der Waals surface area contributed by atoms with Gasteiger partial charge in [0, 0.05) is 26.2 Å². The highest BCUT2D eigenvalue weighted by molar-refractivity contribution is 5.74. The molecule has 0 aliphatic carbocycles. The first-order chi connectivity index (χ1) is 9.66. The highest BCUT2D eigenvalue weighted by atomic mass is 16.5. The number of hydrogen-bond acceptors (Lipinski definition) is 3. The molecule has 2 rings (SSSR count). The first kappa shape index (κ1) is 15.3. The van der Waals surface area contributed by atoms with E-state index in [1.54, 1.807) is 0 Å². The molecule has 2 aliphatic rings. The molecule has 0 aromatic rings. The summed E-state index contributed by atoms with van der Waals surface area (Å²) < 4.78 is 11.1. The van der Waals surface area contributed by atoms with Crippen LogP contribution in [0.25, 0.3) is 0 Å². The number of nitrogens with zero attached hydrogens (tertiary/aromatic N) is 1. The Bertz CT molecular complexity index is 355. The molecule has 0 aromatic heterocycles. The first-order valence-corrected chi connectivity index (χ1v) is 7.57. The largest absolute Gasteiger partial charge is 0.377 e. The molecule has 114 valence electrons. The first-order valence-electron chi connectivity index (χ1n) is 7.57. The number of carbonyl (C=O) groups excluding carboxylic acids is 1. The van der Waals surface area contributed by atoms with E-state index in [1.165, 1.54) is 5.57 Å². The molecule has 0 radical (unpaired) electrons. The number of carbonyl (C=O) groups is 1. The van der Waals surface area contributed by atoms with Gasteiger partial charge in [0.15, 0.2) is 0 Å². The van der Waals surface area contributed by atoms with Crippen molar-refractivity contribution in [3.63, 3.8) is 0 Å². The monoisotopic (exact) mass is 282 g/mol. The van der Waals surface area contributed by atoms with E-state index < -0.39 is 0 Å². The molecule has 20 heavy (non-hydrogen) atoms. The predicted molar refractivity (Wildman–Crippen MR) is 77.7 cm³/mol. The van der Waals surface area contributed by atoms with E-state index >= 15 is 0 Å². The van der Waals surface area contributed by atoms with Crippen LogP contribution in [0, 0.1) is 5.92 Å². The van der Waals surface area contributed by atoms with Gasteiger partial charge in [-0.3, -0.25) is 0 Å². The molecule has 0 spiro atoms. The number of hydrogen-bond donors (Lipinski definition) is 1. The van der Waals surface area contributed by atoms with Crippen molar-refractivity contribution >= 4 is 6.03 Å². The lowest BCUT2D eigenvalue weighted by atomic mass is 10.1. The fourth-order valence-electron chi connectivity index (χ4n) is 2.47. The lowest BCUT2D eigenvalue weighted by molar-refractivity contribution is 0.0267. The zero-order valence-corrected chi connectivity index (χ0v) is 12.6. The summed E-state index contributed by atoms with van der Waals surface area (Å²) in [5.74, 6) is 0.432. The fourth-order valence-corrected chi connectivity index (χ4v) is 2.47. The standard InChI is InChI=1S/C15H26N2O3/c1-12(2)14-11-17(6-3-7-20-14)15(18)16-10-13-4-8-19-9-5-13/h4,12,14H,3,5-11H2,1-2H3,(H,16,18). The molecule has 0 bridgehead atoms. The zero-order chi connectivity index (χ0) is 14.4. The number of nitrogens with one attached hydrogen (secondary N) is 1. The van der Waals surface area contributed by atoms with Crippen LogP contribution in [-0.2, 0) is 9.47 Å². The third-order valence-corrected chi connectivity index (χ3v) is 3.86. The van der Waals surface area contributed by atoms with Crippen LogP contribution in [0.4, 0.5) is 4.79 Å². The topological polar surface area (TPSA) is 50.8 Å². The van der Waals surface area contributed by atoms with Crippen molar-refractivity contribution < 1.29 is 14.3 Å². The minimum atomic E-state index is 0.0218. The minimum Gasteiger partial charge on any atom is -0.377 e. The molecule has 1 saturated heterocycles. The van der Waals surface area contributed by atoms with Gasteiger partial charge in [0.2, 0.25) is 0 Å². The van der Waals surface area contributed by atoms with Gasteiger partial charge < -0.3 is 19.7 Å². The fraction of sp³-hybridized carbons (Fsp3) is 0.800. The van der Waals surface area contributed by atoms with E-state index in [-0.39, 0.29) is 12.1 Å². The predicted octanol–water partition coefficient (Wildman–Crippen LogP) is 1.79. The SMILES string of the molecule is CC(C)C1CN(C(=O)NCC2=CCOCC2)CCCO1. The summed E-state index contributed by atoms with van der Waals surface area (Å²) in [7, 11) is 0. The Kier molecular flexibility index (Phi) is 5.86. The Hall–Kier alpha value is -1.07. The zero-order valence-electron chi connectivity index (χ0n) is 12.6. The molecule has 1 N–H and O–H groups in total. The summed E-state index contributed by atoms with van der Waals surface area (Å²) in [4.78, 5) is 14.1. The third-order valence-electron chi connectivity index (χ3n) is 3.86. The second kappa shape index (κ2) is 7.64. The summed E-state index contributed by atoms with van der Waals surface area (Å²) in [5, 5.41) is 3.02. The van der Waals surface area contributed by atoms with Gasteiger partial charge >= 0.3 is 6.03 Å². The Morgan fingerprint density at radius 3 is 3.05 bits per heavy atom. The summed E-state index contributed by atoms with van der Waals surface area (Å²) >= 11 is 0. The number of urea groups is 1. The highest BCUT2D eigenvalue weighted by Crippen LogP contribution is 2.14. The second-order valence-electron chi connectivity index (χ2n) is 5.80. The average molecular weight is 282 g/mol. The molecule has 1 unspecified atom stereocenters. The van der Waals surface area contributed by atoms with Crippen molar-refractivity contribution in [3.05, 3.63) is 11.6 Å². The normalized spacial score (nSPS) is 24.2. The van der Waals surface area contributed by atoms with Gasteiger partial charge in [0.1, 0.15) is 0 Å². The minimum absolute atomic E-state index is 0.0218. The van der Waals surface area contributed by atoms with E-state index in [9.17, 15) is 4.79 Å². The molecule has 5 heteroatoms. The Labute approximate surface area is 121 Å². The van der Waals surface area contributed by atoms with Crippen molar-refractivity contribution in [2.24, 2.45) is 5.92 Å². The van der Waals surface area contributed by atoms with Crippen LogP contribution in [0.15, 0.2) is 11.6 Å². The van der Waals surface area contributed by atoms with Gasteiger partial charge in [-0.1, -0.05) is 25.5 Å². The average Bonchev–Trinajstić information content (AvgIpc) is 2.72. The van der Waals surface area contributed by atoms with E-state index in [2.05, 4.69) is 25.2 Å². The van der Waals surface area contributed by atoms with Crippen LogP contribution < -0.4 is 5.32 Å². The van der Waals surface area contributed by atoms with Gasteiger partial charge in [-0.05, 0) is 18.8 Å². The Morgan fingerprint density at radius 1 is 1.50 bits per heavy atom. The van der Waals surface area contributed by atoms with Crippen molar-refractivity contribution in [3.8, 4) is 0 Å². The maximum Gasteiger partial charge on any atom is 0.317 e. The summed E-state index contributed by atoms with van der Waals surface area (Å²) in [6, 6.07) is 0.0218. The van der Waals surface area contributed by atoms with Gasteiger partial charge in [-0.15, -0.1) is 0 Å².